The molecule has 1 nitrogen and oxygen atoms in total. The van der Waals surface area contributed by atoms with Gasteiger partial charge in [0.1, 0.15) is 0 Å². The lowest BCUT2D eigenvalue weighted by Crippen LogP contribution is -2.30. The van der Waals surface area contributed by atoms with Crippen LogP contribution in [0.5, 0.6) is 0 Å². The predicted molar refractivity (Wildman–Crippen MR) is 88.3 cm³/mol. The first-order valence-electron chi connectivity index (χ1n) is 8.33. The zero-order valence-electron chi connectivity index (χ0n) is 13.7. The summed E-state index contributed by atoms with van der Waals surface area (Å²) in [4.78, 5) is 0. The zero-order chi connectivity index (χ0) is 14.6. The van der Waals surface area contributed by atoms with E-state index in [-0.39, 0.29) is 5.41 Å². The maximum atomic E-state index is 3.66. The van der Waals surface area contributed by atoms with Gasteiger partial charge in [-0.25, -0.2) is 0 Å². The summed E-state index contributed by atoms with van der Waals surface area (Å²) in [6.45, 7) is 10.2. The van der Waals surface area contributed by atoms with Crippen LogP contribution in [0.1, 0.15) is 64.5 Å². The fraction of sp³-hybridized carbons (Fsp3) is 0.684. The quantitative estimate of drug-likeness (QED) is 0.759. The van der Waals surface area contributed by atoms with Crippen molar-refractivity contribution in [1.82, 2.24) is 5.32 Å². The van der Waals surface area contributed by atoms with Crippen molar-refractivity contribution in [3.63, 3.8) is 0 Å². The molecule has 1 heteroatoms. The van der Waals surface area contributed by atoms with Gasteiger partial charge in [0, 0.05) is 6.04 Å². The van der Waals surface area contributed by atoms with Gasteiger partial charge in [0.2, 0.25) is 0 Å². The van der Waals surface area contributed by atoms with E-state index < -0.39 is 0 Å². The highest BCUT2D eigenvalue weighted by Crippen LogP contribution is 2.34. The highest BCUT2D eigenvalue weighted by Gasteiger charge is 2.29. The Morgan fingerprint density at radius 3 is 2.30 bits per heavy atom. The number of rotatable bonds is 7. The summed E-state index contributed by atoms with van der Waals surface area (Å²) in [5.41, 5.74) is 3.19. The molecule has 0 bridgehead atoms. The molecule has 1 aliphatic rings. The van der Waals surface area contributed by atoms with E-state index in [1.54, 1.807) is 0 Å². The van der Waals surface area contributed by atoms with Crippen LogP contribution in [0.3, 0.4) is 0 Å². The number of aryl methyl sites for hydroxylation is 1. The third-order valence-electron chi connectivity index (χ3n) is 4.46. The van der Waals surface area contributed by atoms with Crippen molar-refractivity contribution >= 4 is 0 Å². The molecule has 112 valence electrons. The summed E-state index contributed by atoms with van der Waals surface area (Å²) in [5.74, 6) is 0.971. The Morgan fingerprint density at radius 1 is 1.15 bits per heavy atom. The van der Waals surface area contributed by atoms with E-state index in [4.69, 9.17) is 0 Å². The molecule has 2 rings (SSSR count). The van der Waals surface area contributed by atoms with Gasteiger partial charge in [-0.05, 0) is 61.1 Å². The first kappa shape index (κ1) is 15.6. The van der Waals surface area contributed by atoms with E-state index >= 15 is 0 Å². The van der Waals surface area contributed by atoms with Crippen LogP contribution < -0.4 is 5.32 Å². The van der Waals surface area contributed by atoms with Crippen LogP contribution in [-0.2, 0) is 11.8 Å². The van der Waals surface area contributed by atoms with E-state index in [1.807, 2.05) is 0 Å². The molecule has 0 amide bonds. The Bertz CT molecular complexity index is 395. The van der Waals surface area contributed by atoms with Crippen molar-refractivity contribution in [2.75, 3.05) is 6.54 Å². The van der Waals surface area contributed by atoms with Crippen LogP contribution in [0.25, 0.3) is 0 Å². The second-order valence-electron chi connectivity index (χ2n) is 7.34. The van der Waals surface area contributed by atoms with Crippen molar-refractivity contribution in [2.45, 2.75) is 71.3 Å². The van der Waals surface area contributed by atoms with Crippen LogP contribution in [0, 0.1) is 5.92 Å². The Morgan fingerprint density at radius 2 is 1.80 bits per heavy atom. The number of hydrogen-bond acceptors (Lipinski definition) is 1. The average Bonchev–Trinajstić information content (AvgIpc) is 3.21. The van der Waals surface area contributed by atoms with Crippen molar-refractivity contribution < 1.29 is 0 Å². The van der Waals surface area contributed by atoms with Gasteiger partial charge >= 0.3 is 0 Å². The largest absolute Gasteiger partial charge is 0.314 e. The molecule has 1 fully saturated rings. The van der Waals surface area contributed by atoms with Gasteiger partial charge in [-0.2, -0.15) is 0 Å². The lowest BCUT2D eigenvalue weighted by molar-refractivity contribution is 0.434. The van der Waals surface area contributed by atoms with Crippen LogP contribution in [-0.4, -0.2) is 12.6 Å². The van der Waals surface area contributed by atoms with Crippen LogP contribution in [0.15, 0.2) is 24.3 Å². The van der Waals surface area contributed by atoms with E-state index in [1.165, 1.54) is 43.2 Å². The fourth-order valence-corrected chi connectivity index (χ4v) is 2.96. The molecule has 1 saturated carbocycles. The van der Waals surface area contributed by atoms with Gasteiger partial charge in [-0.1, -0.05) is 52.0 Å². The number of nitrogens with one attached hydrogen (secondary N) is 1. The summed E-state index contributed by atoms with van der Waals surface area (Å²) in [7, 11) is 0. The topological polar surface area (TPSA) is 12.0 Å². The Kier molecular flexibility index (Phi) is 5.26. The Hall–Kier alpha value is -0.820. The molecule has 1 aromatic carbocycles. The zero-order valence-corrected chi connectivity index (χ0v) is 13.7. The minimum absolute atomic E-state index is 0.265. The summed E-state index contributed by atoms with van der Waals surface area (Å²) in [6, 6.07) is 10.0. The predicted octanol–water partition coefficient (Wildman–Crippen LogP) is 4.69. The summed E-state index contributed by atoms with van der Waals surface area (Å²) < 4.78 is 0. The van der Waals surface area contributed by atoms with E-state index in [0.717, 1.165) is 18.5 Å². The normalized spacial score (nSPS) is 17.2. The van der Waals surface area contributed by atoms with Crippen LogP contribution in [0.2, 0.25) is 0 Å². The SMILES string of the molecule is CCNC(CCCc1ccc(C(C)(C)C)cc1)C1CC1. The maximum absolute atomic E-state index is 3.66. The van der Waals surface area contributed by atoms with Crippen LogP contribution >= 0.6 is 0 Å². The van der Waals surface area contributed by atoms with Crippen molar-refractivity contribution in [3.8, 4) is 0 Å². The van der Waals surface area contributed by atoms with Gasteiger partial charge in [-0.3, -0.25) is 0 Å². The molecule has 1 unspecified atom stereocenters. The Labute approximate surface area is 125 Å². The minimum atomic E-state index is 0.265. The molecule has 0 radical (unpaired) electrons. The monoisotopic (exact) mass is 273 g/mol. The molecule has 1 atom stereocenters. The highest BCUT2D eigenvalue weighted by molar-refractivity contribution is 5.27. The molecular weight excluding hydrogens is 242 g/mol. The smallest absolute Gasteiger partial charge is 0.00953 e. The molecule has 0 aromatic heterocycles. The van der Waals surface area contributed by atoms with Crippen molar-refractivity contribution in [1.29, 1.82) is 0 Å². The maximum Gasteiger partial charge on any atom is 0.00953 e. The van der Waals surface area contributed by atoms with Crippen molar-refractivity contribution in [3.05, 3.63) is 35.4 Å². The van der Waals surface area contributed by atoms with Crippen molar-refractivity contribution in [2.24, 2.45) is 5.92 Å². The highest BCUT2D eigenvalue weighted by atomic mass is 14.9. The van der Waals surface area contributed by atoms with Gasteiger partial charge in [0.15, 0.2) is 0 Å². The van der Waals surface area contributed by atoms with Gasteiger partial charge in [0.05, 0.1) is 0 Å². The number of benzene rings is 1. The first-order valence-corrected chi connectivity index (χ1v) is 8.33. The molecule has 0 saturated heterocycles. The molecule has 1 N–H and O–H groups in total. The minimum Gasteiger partial charge on any atom is -0.314 e. The summed E-state index contributed by atoms with van der Waals surface area (Å²) in [5, 5.41) is 3.66. The van der Waals surface area contributed by atoms with E-state index in [2.05, 4.69) is 57.3 Å². The second kappa shape index (κ2) is 6.76. The summed E-state index contributed by atoms with van der Waals surface area (Å²) >= 11 is 0. The van der Waals surface area contributed by atoms with E-state index in [9.17, 15) is 0 Å². The van der Waals surface area contributed by atoms with Gasteiger partial charge in [-0.15, -0.1) is 0 Å². The first-order chi connectivity index (χ1) is 9.50. The lowest BCUT2D eigenvalue weighted by atomic mass is 9.86. The van der Waals surface area contributed by atoms with Gasteiger partial charge in [0.25, 0.3) is 0 Å². The molecule has 0 spiro atoms. The average molecular weight is 273 g/mol. The third kappa shape index (κ3) is 4.63. The van der Waals surface area contributed by atoms with Gasteiger partial charge < -0.3 is 5.32 Å². The fourth-order valence-electron chi connectivity index (χ4n) is 2.96. The van der Waals surface area contributed by atoms with E-state index in [0.29, 0.717) is 0 Å². The lowest BCUT2D eigenvalue weighted by Gasteiger charge is -2.19. The molecule has 1 aromatic rings. The molecule has 20 heavy (non-hydrogen) atoms. The molecule has 0 aliphatic heterocycles. The molecule has 1 aliphatic carbocycles. The van der Waals surface area contributed by atoms with Crippen LogP contribution in [0.4, 0.5) is 0 Å². The standard InChI is InChI=1S/C19H31N/c1-5-20-18(16-11-12-16)8-6-7-15-9-13-17(14-10-15)19(2,3)4/h9-10,13-14,16,18,20H,5-8,11-12H2,1-4H3. The second-order valence-corrected chi connectivity index (χ2v) is 7.34. The Balaban J connectivity index is 1.78. The number of hydrogen-bond donors (Lipinski definition) is 1. The molecular formula is C19H31N. The molecule has 0 heterocycles. The third-order valence-corrected chi connectivity index (χ3v) is 4.46. The summed E-state index contributed by atoms with van der Waals surface area (Å²) in [6.07, 6.45) is 6.75.